The van der Waals surface area contributed by atoms with Crippen molar-refractivity contribution in [3.63, 3.8) is 0 Å². The number of alkyl halides is 2. The maximum Gasteiger partial charge on any atom is 0.241 e. The van der Waals surface area contributed by atoms with E-state index in [2.05, 4.69) is 27.9 Å². The molecule has 1 aromatic rings. The Hall–Kier alpha value is 0.01000. The van der Waals surface area contributed by atoms with E-state index in [1.807, 2.05) is 6.07 Å². The molecule has 0 heterocycles. The molecular formula is C29H54Cl3NO. The summed E-state index contributed by atoms with van der Waals surface area (Å²) in [5.41, 5.74) is 0.485. The molecule has 0 saturated carbocycles. The van der Waals surface area contributed by atoms with Crippen LogP contribution in [0, 0.1) is 0 Å². The van der Waals surface area contributed by atoms with E-state index < -0.39 is 4.52 Å². The average molecular weight is 539 g/mol. The van der Waals surface area contributed by atoms with Crippen molar-refractivity contribution in [3.8, 4) is 0 Å². The van der Waals surface area contributed by atoms with Gasteiger partial charge in [-0.05, 0) is 25.7 Å². The molecule has 0 aromatic heterocycles. The average Bonchev–Trinajstić information content (AvgIpc) is 2.78. The van der Waals surface area contributed by atoms with Crippen molar-refractivity contribution < 1.29 is 22.0 Å². The lowest BCUT2D eigenvalue weighted by atomic mass is 10.1. The highest BCUT2D eigenvalue weighted by Crippen LogP contribution is 2.29. The van der Waals surface area contributed by atoms with Crippen molar-refractivity contribution in [3.05, 3.63) is 35.9 Å². The number of aliphatic hydroxyl groups is 1. The fraction of sp³-hybridized carbons (Fsp3) is 0.793. The Morgan fingerprint density at radius 3 is 1.24 bits per heavy atom. The van der Waals surface area contributed by atoms with Gasteiger partial charge in [0.25, 0.3) is 0 Å². The predicted octanol–water partition coefficient (Wildman–Crippen LogP) is 6.62. The van der Waals surface area contributed by atoms with Crippen LogP contribution in [0.5, 0.6) is 0 Å². The quantitative estimate of drug-likeness (QED) is 0.119. The van der Waals surface area contributed by atoms with E-state index in [-0.39, 0.29) is 12.4 Å². The summed E-state index contributed by atoms with van der Waals surface area (Å²) in [6.07, 6.45) is 23.0. The van der Waals surface area contributed by atoms with Gasteiger partial charge in [0.1, 0.15) is 0 Å². The standard InChI is InChI=1S/C22H48N.C7H6Cl2O.ClH/c1-5-7-9-11-13-15-17-19-21-23(3,4)22-20-18-16-14-12-10-8-6-2;8-7(9,10)6-4-2-1-3-5-6;/h5-22H2,1-4H3;1-5,10H;1H/q+1;;/p-1. The Morgan fingerprint density at radius 1 is 0.618 bits per heavy atom. The monoisotopic (exact) mass is 537 g/mol. The summed E-state index contributed by atoms with van der Waals surface area (Å²) >= 11 is 10.8. The first-order chi connectivity index (χ1) is 15.7. The Balaban J connectivity index is 0. The number of unbranched alkanes of at least 4 members (excludes halogenated alkanes) is 14. The van der Waals surface area contributed by atoms with Gasteiger partial charge in [0, 0.05) is 5.56 Å². The minimum Gasteiger partial charge on any atom is -1.00 e. The molecule has 2 nitrogen and oxygen atoms in total. The van der Waals surface area contributed by atoms with Crippen LogP contribution in [0.4, 0.5) is 0 Å². The van der Waals surface area contributed by atoms with Gasteiger partial charge in [-0.2, -0.15) is 0 Å². The maximum atomic E-state index is 9.02. The molecule has 0 fully saturated rings. The van der Waals surface area contributed by atoms with Gasteiger partial charge in [-0.25, -0.2) is 0 Å². The van der Waals surface area contributed by atoms with Gasteiger partial charge in [0.15, 0.2) is 0 Å². The van der Waals surface area contributed by atoms with Gasteiger partial charge in [0.2, 0.25) is 4.52 Å². The second kappa shape index (κ2) is 23.4. The van der Waals surface area contributed by atoms with E-state index in [0.717, 1.165) is 0 Å². The van der Waals surface area contributed by atoms with Crippen LogP contribution in [0.3, 0.4) is 0 Å². The van der Waals surface area contributed by atoms with Crippen LogP contribution in [0.15, 0.2) is 30.3 Å². The lowest BCUT2D eigenvalue weighted by Gasteiger charge is -2.30. The molecule has 34 heavy (non-hydrogen) atoms. The molecule has 1 aromatic carbocycles. The van der Waals surface area contributed by atoms with Crippen LogP contribution in [0.25, 0.3) is 0 Å². The maximum absolute atomic E-state index is 9.02. The third-order valence-electron chi connectivity index (χ3n) is 6.36. The predicted molar refractivity (Wildman–Crippen MR) is 149 cm³/mol. The van der Waals surface area contributed by atoms with Crippen molar-refractivity contribution in [2.24, 2.45) is 0 Å². The minimum absolute atomic E-state index is 0. The van der Waals surface area contributed by atoms with Gasteiger partial charge in [-0.3, -0.25) is 0 Å². The molecular weight excluding hydrogens is 485 g/mol. The lowest BCUT2D eigenvalue weighted by molar-refractivity contribution is -0.890. The highest BCUT2D eigenvalue weighted by Gasteiger charge is 2.20. The van der Waals surface area contributed by atoms with Crippen LogP contribution < -0.4 is 12.4 Å². The Morgan fingerprint density at radius 2 is 0.941 bits per heavy atom. The number of halogens is 3. The largest absolute Gasteiger partial charge is 1.00 e. The van der Waals surface area contributed by atoms with Crippen molar-refractivity contribution >= 4 is 23.2 Å². The molecule has 0 saturated heterocycles. The lowest BCUT2D eigenvalue weighted by Crippen LogP contribution is -3.00. The number of hydrogen-bond donors (Lipinski definition) is 1. The summed E-state index contributed by atoms with van der Waals surface area (Å²) < 4.78 is -0.521. The van der Waals surface area contributed by atoms with E-state index in [4.69, 9.17) is 28.3 Å². The highest BCUT2D eigenvalue weighted by atomic mass is 35.5. The molecule has 1 N–H and O–H groups in total. The summed E-state index contributed by atoms with van der Waals surface area (Å²) in [4.78, 5) is 0. The molecule has 0 spiro atoms. The molecule has 0 bridgehead atoms. The summed E-state index contributed by atoms with van der Waals surface area (Å²) in [5.74, 6) is 0. The first-order valence-corrected chi connectivity index (χ1v) is 14.5. The Bertz CT molecular complexity index is 510. The molecule has 0 amide bonds. The molecule has 0 aliphatic carbocycles. The first-order valence-electron chi connectivity index (χ1n) is 13.7. The molecule has 0 aliphatic heterocycles. The molecule has 0 aliphatic rings. The molecule has 202 valence electrons. The van der Waals surface area contributed by atoms with Crippen molar-refractivity contribution in [2.75, 3.05) is 27.2 Å². The normalized spacial score (nSPS) is 11.5. The van der Waals surface area contributed by atoms with E-state index >= 15 is 0 Å². The van der Waals surface area contributed by atoms with Crippen molar-refractivity contribution in [1.82, 2.24) is 0 Å². The molecule has 0 atom stereocenters. The fourth-order valence-electron chi connectivity index (χ4n) is 4.10. The van der Waals surface area contributed by atoms with Crippen LogP contribution in [0.2, 0.25) is 0 Å². The molecule has 0 radical (unpaired) electrons. The second-order valence-electron chi connectivity index (χ2n) is 10.2. The van der Waals surface area contributed by atoms with Crippen molar-refractivity contribution in [2.45, 2.75) is 121 Å². The third-order valence-corrected chi connectivity index (χ3v) is 6.79. The fourth-order valence-corrected chi connectivity index (χ4v) is 4.35. The Kier molecular flexibility index (Phi) is 24.9. The summed E-state index contributed by atoms with van der Waals surface area (Å²) in [5, 5.41) is 9.02. The molecule has 5 heteroatoms. The number of benzene rings is 1. The zero-order chi connectivity index (χ0) is 24.8. The second-order valence-corrected chi connectivity index (χ2v) is 11.5. The van der Waals surface area contributed by atoms with Crippen molar-refractivity contribution in [1.29, 1.82) is 0 Å². The topological polar surface area (TPSA) is 20.2 Å². The van der Waals surface area contributed by atoms with E-state index in [9.17, 15) is 0 Å². The van der Waals surface area contributed by atoms with E-state index in [1.165, 1.54) is 120 Å². The van der Waals surface area contributed by atoms with Crippen LogP contribution >= 0.6 is 23.2 Å². The number of rotatable bonds is 19. The van der Waals surface area contributed by atoms with Crippen LogP contribution in [-0.2, 0) is 4.52 Å². The summed E-state index contributed by atoms with van der Waals surface area (Å²) in [6, 6.07) is 8.64. The number of quaternary nitrogens is 1. The van der Waals surface area contributed by atoms with Gasteiger partial charge in [0.05, 0.1) is 27.2 Å². The minimum atomic E-state index is -1.76. The number of hydrogen-bond acceptors (Lipinski definition) is 1. The molecule has 0 unspecified atom stereocenters. The highest BCUT2D eigenvalue weighted by molar-refractivity contribution is 6.46. The summed E-state index contributed by atoms with van der Waals surface area (Å²) in [7, 11) is 4.87. The third kappa shape index (κ3) is 23.7. The van der Waals surface area contributed by atoms with Gasteiger partial charge >= 0.3 is 0 Å². The van der Waals surface area contributed by atoms with E-state index in [0.29, 0.717) is 5.56 Å². The zero-order valence-electron chi connectivity index (χ0n) is 22.6. The van der Waals surface area contributed by atoms with Crippen LogP contribution in [-0.4, -0.2) is 36.8 Å². The van der Waals surface area contributed by atoms with E-state index in [1.54, 1.807) is 24.3 Å². The van der Waals surface area contributed by atoms with Gasteiger partial charge in [-0.15, -0.1) is 0 Å². The van der Waals surface area contributed by atoms with Gasteiger partial charge < -0.3 is 22.0 Å². The van der Waals surface area contributed by atoms with Crippen LogP contribution in [0.1, 0.15) is 122 Å². The molecule has 1 rings (SSSR count). The SMILES string of the molecule is CCCCCCCCCC[N+](C)(C)CCCCCCCCCC.OC(Cl)(Cl)c1ccccc1.[Cl-]. The van der Waals surface area contributed by atoms with Gasteiger partial charge in [-0.1, -0.05) is 144 Å². The number of nitrogens with zero attached hydrogens (tertiary/aromatic N) is 1. The zero-order valence-corrected chi connectivity index (χ0v) is 24.9. The summed E-state index contributed by atoms with van der Waals surface area (Å²) in [6.45, 7) is 7.36. The first kappa shape index (κ1) is 36.2. The Labute approximate surface area is 228 Å². The smallest absolute Gasteiger partial charge is 0.241 e.